The normalized spacial score (nSPS) is 16.2. The van der Waals surface area contributed by atoms with Gasteiger partial charge in [0.05, 0.1) is 5.88 Å². The summed E-state index contributed by atoms with van der Waals surface area (Å²) in [5, 5.41) is 2.82. The number of fused-ring (bicyclic) bond motifs is 1. The summed E-state index contributed by atoms with van der Waals surface area (Å²) in [7, 11) is 0. The van der Waals surface area contributed by atoms with Gasteiger partial charge in [-0.05, 0) is 11.6 Å². The molecule has 1 aliphatic heterocycles. The number of hydrogen-bond acceptors (Lipinski definition) is 2. The second kappa shape index (κ2) is 3.19. The van der Waals surface area contributed by atoms with Crippen LogP contribution in [0.5, 0.6) is 0 Å². The van der Waals surface area contributed by atoms with E-state index in [9.17, 15) is 4.79 Å². The number of benzene rings is 1. The second-order valence-corrected chi connectivity index (χ2v) is 3.64. The summed E-state index contributed by atoms with van der Waals surface area (Å²) in [5.41, 5.74) is 1.96. The molecule has 0 aliphatic carbocycles. The Labute approximate surface area is 75.4 Å². The Bertz CT molecular complexity index is 311. The van der Waals surface area contributed by atoms with E-state index in [-0.39, 0.29) is 5.91 Å². The van der Waals surface area contributed by atoms with Crippen molar-refractivity contribution in [3.63, 3.8) is 0 Å². The van der Waals surface area contributed by atoms with Crippen molar-refractivity contribution >= 4 is 17.7 Å². The van der Waals surface area contributed by atoms with Crippen molar-refractivity contribution in [3.05, 3.63) is 35.4 Å². The van der Waals surface area contributed by atoms with Crippen molar-refractivity contribution in [2.45, 2.75) is 5.75 Å². The molecule has 0 unspecified atom stereocenters. The lowest BCUT2D eigenvalue weighted by Crippen LogP contribution is -2.21. The van der Waals surface area contributed by atoms with Crippen molar-refractivity contribution in [1.82, 2.24) is 5.32 Å². The zero-order valence-electron chi connectivity index (χ0n) is 6.54. The molecule has 0 bridgehead atoms. The van der Waals surface area contributed by atoms with Gasteiger partial charge < -0.3 is 5.32 Å². The van der Waals surface area contributed by atoms with Crippen LogP contribution in [0.25, 0.3) is 0 Å². The van der Waals surface area contributed by atoms with Crippen molar-refractivity contribution in [1.29, 1.82) is 0 Å². The smallest absolute Gasteiger partial charge is 0.252 e. The van der Waals surface area contributed by atoms with Crippen LogP contribution in [0.2, 0.25) is 0 Å². The third-order valence-corrected chi connectivity index (χ3v) is 2.72. The van der Waals surface area contributed by atoms with Gasteiger partial charge in [0, 0.05) is 11.3 Å². The summed E-state index contributed by atoms with van der Waals surface area (Å²) in [6, 6.07) is 7.75. The number of rotatable bonds is 0. The highest BCUT2D eigenvalue weighted by atomic mass is 32.2. The Balaban J connectivity index is 2.46. The highest BCUT2D eigenvalue weighted by Crippen LogP contribution is 2.18. The fourth-order valence-electron chi connectivity index (χ4n) is 1.24. The van der Waals surface area contributed by atoms with E-state index in [1.54, 1.807) is 11.8 Å². The molecule has 0 atom stereocenters. The summed E-state index contributed by atoms with van der Waals surface area (Å²) >= 11 is 1.73. The topological polar surface area (TPSA) is 29.1 Å². The molecule has 62 valence electrons. The van der Waals surface area contributed by atoms with E-state index in [1.807, 2.05) is 24.3 Å². The minimum atomic E-state index is 0.0515. The van der Waals surface area contributed by atoms with Crippen LogP contribution in [0.15, 0.2) is 24.3 Å². The molecule has 0 saturated heterocycles. The molecular weight excluding hydrogens is 170 g/mol. The zero-order valence-corrected chi connectivity index (χ0v) is 7.36. The molecule has 1 amide bonds. The predicted octanol–water partition coefficient (Wildman–Crippen LogP) is 1.62. The Morgan fingerprint density at radius 3 is 3.08 bits per heavy atom. The van der Waals surface area contributed by atoms with Crippen molar-refractivity contribution in [2.75, 3.05) is 5.88 Å². The Kier molecular flexibility index (Phi) is 2.04. The lowest BCUT2D eigenvalue weighted by Gasteiger charge is -2.01. The van der Waals surface area contributed by atoms with E-state index < -0.39 is 0 Å². The quantitative estimate of drug-likeness (QED) is 0.655. The molecule has 0 saturated carbocycles. The number of thioether (sulfide) groups is 1. The maximum Gasteiger partial charge on any atom is 0.252 e. The van der Waals surface area contributed by atoms with Gasteiger partial charge in [0.1, 0.15) is 0 Å². The summed E-state index contributed by atoms with van der Waals surface area (Å²) in [4.78, 5) is 11.4. The van der Waals surface area contributed by atoms with Gasteiger partial charge in [0.15, 0.2) is 0 Å². The van der Waals surface area contributed by atoms with E-state index in [1.165, 1.54) is 0 Å². The molecule has 0 spiro atoms. The largest absolute Gasteiger partial charge is 0.343 e. The van der Waals surface area contributed by atoms with Crippen LogP contribution in [0.1, 0.15) is 15.9 Å². The maximum absolute atomic E-state index is 11.4. The number of amides is 1. The van der Waals surface area contributed by atoms with Gasteiger partial charge in [-0.3, -0.25) is 4.79 Å². The first-order chi connectivity index (χ1) is 5.88. The lowest BCUT2D eigenvalue weighted by molar-refractivity contribution is 0.0961. The Morgan fingerprint density at radius 2 is 2.17 bits per heavy atom. The molecule has 1 N–H and O–H groups in total. The van der Waals surface area contributed by atoms with Crippen LogP contribution in [0, 0.1) is 0 Å². The Hall–Kier alpha value is -0.960. The van der Waals surface area contributed by atoms with Gasteiger partial charge in [-0.15, -0.1) is 11.8 Å². The van der Waals surface area contributed by atoms with Crippen LogP contribution >= 0.6 is 11.8 Å². The molecule has 0 aromatic heterocycles. The maximum atomic E-state index is 11.4. The van der Waals surface area contributed by atoms with E-state index in [4.69, 9.17) is 0 Å². The second-order valence-electron chi connectivity index (χ2n) is 2.66. The summed E-state index contributed by atoms with van der Waals surface area (Å²) in [6.07, 6.45) is 0. The predicted molar refractivity (Wildman–Crippen MR) is 50.1 cm³/mol. The van der Waals surface area contributed by atoms with E-state index in [2.05, 4.69) is 5.32 Å². The van der Waals surface area contributed by atoms with Crippen LogP contribution in [0.3, 0.4) is 0 Å². The number of carbonyl (C=O) groups excluding carboxylic acids is 1. The molecule has 2 nitrogen and oxygen atoms in total. The average molecular weight is 179 g/mol. The SMILES string of the molecule is O=C1NCSCc2ccccc21. The van der Waals surface area contributed by atoms with Crippen molar-refractivity contribution < 1.29 is 4.79 Å². The standard InChI is InChI=1S/C9H9NOS/c11-9-8-4-2-1-3-7(8)5-12-6-10-9/h1-4H,5-6H2,(H,10,11). The van der Waals surface area contributed by atoms with E-state index >= 15 is 0 Å². The molecule has 1 aromatic carbocycles. The summed E-state index contributed by atoms with van der Waals surface area (Å²) < 4.78 is 0. The number of nitrogens with one attached hydrogen (secondary N) is 1. The van der Waals surface area contributed by atoms with Gasteiger partial charge in [0.25, 0.3) is 5.91 Å². The highest BCUT2D eigenvalue weighted by Gasteiger charge is 2.13. The molecule has 12 heavy (non-hydrogen) atoms. The number of carbonyl (C=O) groups is 1. The number of hydrogen-bond donors (Lipinski definition) is 1. The first-order valence-electron chi connectivity index (χ1n) is 3.82. The van der Waals surface area contributed by atoms with Crippen LogP contribution < -0.4 is 5.32 Å². The van der Waals surface area contributed by atoms with Gasteiger partial charge in [-0.25, -0.2) is 0 Å². The minimum absolute atomic E-state index is 0.0515. The van der Waals surface area contributed by atoms with Crippen LogP contribution in [0.4, 0.5) is 0 Å². The van der Waals surface area contributed by atoms with E-state index in [0.717, 1.165) is 16.9 Å². The van der Waals surface area contributed by atoms with Gasteiger partial charge in [-0.1, -0.05) is 18.2 Å². The van der Waals surface area contributed by atoms with Crippen molar-refractivity contribution in [2.24, 2.45) is 0 Å². The molecule has 3 heteroatoms. The van der Waals surface area contributed by atoms with Gasteiger partial charge in [0.2, 0.25) is 0 Å². The Morgan fingerprint density at radius 1 is 1.33 bits per heavy atom. The molecule has 1 aromatic rings. The third kappa shape index (κ3) is 1.32. The van der Waals surface area contributed by atoms with Gasteiger partial charge in [-0.2, -0.15) is 0 Å². The molecule has 2 rings (SSSR count). The fraction of sp³-hybridized carbons (Fsp3) is 0.222. The monoisotopic (exact) mass is 179 g/mol. The van der Waals surface area contributed by atoms with E-state index in [0.29, 0.717) is 5.88 Å². The van der Waals surface area contributed by atoms with Crippen LogP contribution in [-0.4, -0.2) is 11.8 Å². The first kappa shape index (κ1) is 7.68. The zero-order chi connectivity index (χ0) is 8.39. The third-order valence-electron chi connectivity index (χ3n) is 1.85. The molecule has 1 heterocycles. The van der Waals surface area contributed by atoms with Crippen LogP contribution in [-0.2, 0) is 5.75 Å². The van der Waals surface area contributed by atoms with Crippen molar-refractivity contribution in [3.8, 4) is 0 Å². The lowest BCUT2D eigenvalue weighted by atomic mass is 10.1. The summed E-state index contributed by atoms with van der Waals surface area (Å²) in [6.45, 7) is 0. The molecule has 0 fully saturated rings. The fourth-order valence-corrected chi connectivity index (χ4v) is 2.05. The molecule has 0 radical (unpaired) electrons. The first-order valence-corrected chi connectivity index (χ1v) is 4.97. The summed E-state index contributed by atoms with van der Waals surface area (Å²) in [5.74, 6) is 1.69. The molecular formula is C9H9NOS. The average Bonchev–Trinajstić information content (AvgIpc) is 2.29. The molecule has 1 aliphatic rings. The highest BCUT2D eigenvalue weighted by molar-refractivity contribution is 7.98. The minimum Gasteiger partial charge on any atom is -0.343 e. The van der Waals surface area contributed by atoms with Gasteiger partial charge >= 0.3 is 0 Å².